The lowest BCUT2D eigenvalue weighted by molar-refractivity contribution is -0.128. The minimum absolute atomic E-state index is 0.0638. The average Bonchev–Trinajstić information content (AvgIpc) is 3.38. The molecule has 0 N–H and O–H groups in total. The van der Waals surface area contributed by atoms with Crippen molar-refractivity contribution in [2.75, 3.05) is 12.4 Å². The van der Waals surface area contributed by atoms with E-state index < -0.39 is 25.8 Å². The Bertz CT molecular complexity index is 1460. The maximum absolute atomic E-state index is 14.3. The summed E-state index contributed by atoms with van der Waals surface area (Å²) >= 11 is 0. The van der Waals surface area contributed by atoms with Crippen LogP contribution in [-0.2, 0) is 18.5 Å². The molecule has 0 amide bonds. The first-order valence-electron chi connectivity index (χ1n) is 16.8. The second-order valence-electron chi connectivity index (χ2n) is 13.4. The molecule has 0 aliphatic heterocycles. The predicted molar refractivity (Wildman–Crippen MR) is 183 cm³/mol. The zero-order chi connectivity index (χ0) is 32.0. The molecule has 2 fully saturated rings. The van der Waals surface area contributed by atoms with Crippen molar-refractivity contribution in [1.82, 2.24) is 0 Å². The molecule has 0 heterocycles. The van der Waals surface area contributed by atoms with Crippen LogP contribution in [0.2, 0.25) is 0 Å². The van der Waals surface area contributed by atoms with E-state index in [0.717, 1.165) is 39.7 Å². The van der Waals surface area contributed by atoms with Crippen molar-refractivity contribution < 1.29 is 21.6 Å². The number of fused-ring (bicyclic) bond motifs is 2. The zero-order valence-electron chi connectivity index (χ0n) is 27.2. The van der Waals surface area contributed by atoms with Gasteiger partial charge in [0.2, 0.25) is 0 Å². The van der Waals surface area contributed by atoms with Crippen LogP contribution in [0.3, 0.4) is 0 Å². The lowest BCUT2D eigenvalue weighted by atomic mass is 9.70. The van der Waals surface area contributed by atoms with Gasteiger partial charge >= 0.3 is 0 Å². The summed E-state index contributed by atoms with van der Waals surface area (Å²) in [6.07, 6.45) is 11.9. The fraction of sp³-hybridized carbons (Fsp3) is 0.500. The topological polar surface area (TPSA) is 69.7 Å². The number of carbonyl (C=O) groups is 1. The maximum Gasteiger partial charge on any atom is 0.278 e. The third-order valence-electron chi connectivity index (χ3n) is 10.3. The molecule has 0 saturated heterocycles. The van der Waals surface area contributed by atoms with Crippen molar-refractivity contribution >= 4 is 26.2 Å². The summed E-state index contributed by atoms with van der Waals surface area (Å²) in [5, 5.41) is 0. The minimum Gasteiger partial charge on any atom is -0.494 e. The van der Waals surface area contributed by atoms with Crippen LogP contribution < -0.4 is 4.74 Å². The van der Waals surface area contributed by atoms with E-state index >= 15 is 0 Å². The lowest BCUT2D eigenvalue weighted by Gasteiger charge is -2.41. The summed E-state index contributed by atoms with van der Waals surface area (Å²) < 4.78 is 41.4. The van der Waals surface area contributed by atoms with Gasteiger partial charge in [-0.1, -0.05) is 102 Å². The quantitative estimate of drug-likeness (QED) is 0.136. The largest absolute Gasteiger partial charge is 0.494 e. The maximum atomic E-state index is 14.3. The van der Waals surface area contributed by atoms with E-state index in [-0.39, 0.29) is 22.9 Å². The van der Waals surface area contributed by atoms with Gasteiger partial charge in [0, 0.05) is 21.1 Å². The molecule has 0 spiro atoms. The van der Waals surface area contributed by atoms with E-state index in [1.165, 1.54) is 38.5 Å². The zero-order valence-corrected chi connectivity index (χ0v) is 28.8. The molecule has 2 atom stereocenters. The van der Waals surface area contributed by atoms with Crippen LogP contribution in [0, 0.1) is 16.7 Å². The molecule has 0 aromatic heterocycles. The van der Waals surface area contributed by atoms with Gasteiger partial charge in [-0.2, -0.15) is 8.42 Å². The number of benzene rings is 3. The number of ether oxygens (including phenoxy) is 1. The first-order valence-corrected chi connectivity index (χ1v) is 19.9. The molecule has 2 aliphatic carbocycles. The van der Waals surface area contributed by atoms with E-state index in [2.05, 4.69) is 20.8 Å². The molecular formula is C38H50O5S2. The van der Waals surface area contributed by atoms with Crippen LogP contribution in [0.5, 0.6) is 5.75 Å². The molecule has 2 bridgehead atoms. The number of unbranched alkanes of at least 4 members (excludes halogenated alkanes) is 7. The van der Waals surface area contributed by atoms with Crippen LogP contribution in [-0.4, -0.2) is 26.6 Å². The molecule has 3 aromatic carbocycles. The number of ketones is 1. The van der Waals surface area contributed by atoms with Gasteiger partial charge in [-0.3, -0.25) is 4.79 Å². The number of carbonyl (C=O) groups excluding carboxylic acids is 1. The van der Waals surface area contributed by atoms with Gasteiger partial charge in [0.15, 0.2) is 0 Å². The molecule has 2 unspecified atom stereocenters. The van der Waals surface area contributed by atoms with Crippen molar-refractivity contribution in [2.45, 2.75) is 106 Å². The van der Waals surface area contributed by atoms with Crippen molar-refractivity contribution in [3.8, 4) is 5.75 Å². The van der Waals surface area contributed by atoms with Crippen LogP contribution in [0.15, 0.2) is 99.6 Å². The Morgan fingerprint density at radius 2 is 1.27 bits per heavy atom. The highest BCUT2D eigenvalue weighted by Gasteiger charge is 2.65. The summed E-state index contributed by atoms with van der Waals surface area (Å²) in [5.74, 6) is 0.747. The molecule has 2 saturated carbocycles. The summed E-state index contributed by atoms with van der Waals surface area (Å²) in [4.78, 5) is 15.7. The standard InChI is InChI=1S/C38H50O5S2/c1-4-5-6-7-8-9-10-17-28-42-32-22-24-35(25-23-32)45(33-18-13-11-14-19-33,34-20-15-12-16-21-34)43-44(40,41)30-38-27-26-31(29-36(38)39)37(38,2)3/h11-16,18-25,31H,4-10,17,26-30H2,1-3H3. The highest BCUT2D eigenvalue weighted by molar-refractivity contribution is 8.33. The number of hydrogen-bond donors (Lipinski definition) is 0. The summed E-state index contributed by atoms with van der Waals surface area (Å²) in [5.41, 5.74) is -1.30. The van der Waals surface area contributed by atoms with Crippen molar-refractivity contribution in [3.05, 3.63) is 84.9 Å². The minimum atomic E-state index is -4.17. The lowest BCUT2D eigenvalue weighted by Crippen LogP contribution is -2.42. The highest BCUT2D eigenvalue weighted by Crippen LogP contribution is 2.71. The normalized spacial score (nSPS) is 21.2. The van der Waals surface area contributed by atoms with Gasteiger partial charge in [0.05, 0.1) is 17.8 Å². The Hall–Kier alpha value is -2.61. The molecule has 2 aliphatic rings. The molecule has 0 radical (unpaired) electrons. The molecule has 244 valence electrons. The third kappa shape index (κ3) is 7.06. The molecule has 7 heteroatoms. The van der Waals surface area contributed by atoms with E-state index in [1.807, 2.05) is 84.9 Å². The van der Waals surface area contributed by atoms with E-state index in [9.17, 15) is 13.2 Å². The van der Waals surface area contributed by atoms with Gasteiger partial charge in [-0.05, 0) is 89.4 Å². The number of Topliss-reactive ketones (excluding diaryl/α,β-unsaturated/α-hetero) is 1. The van der Waals surface area contributed by atoms with Crippen LogP contribution in [0.1, 0.15) is 91.4 Å². The second kappa shape index (κ2) is 14.4. The van der Waals surface area contributed by atoms with Crippen molar-refractivity contribution in [1.29, 1.82) is 0 Å². The number of rotatable bonds is 17. The molecule has 45 heavy (non-hydrogen) atoms. The monoisotopic (exact) mass is 650 g/mol. The molecular weight excluding hydrogens is 601 g/mol. The smallest absolute Gasteiger partial charge is 0.278 e. The van der Waals surface area contributed by atoms with Gasteiger partial charge in [-0.25, -0.2) is 3.63 Å². The average molecular weight is 651 g/mol. The summed E-state index contributed by atoms with van der Waals surface area (Å²) in [7, 11) is -6.89. The Kier molecular flexibility index (Phi) is 10.8. The van der Waals surface area contributed by atoms with Crippen LogP contribution in [0.4, 0.5) is 0 Å². The van der Waals surface area contributed by atoms with Gasteiger partial charge in [0.1, 0.15) is 11.5 Å². The SMILES string of the molecule is CCCCCCCCCCOc1ccc(S(OS(=O)(=O)CC23CCC(CC2=O)C3(C)C)(c2ccccc2)c2ccccc2)cc1. The van der Waals surface area contributed by atoms with Crippen molar-refractivity contribution in [3.63, 3.8) is 0 Å². The fourth-order valence-electron chi connectivity index (χ4n) is 7.49. The molecule has 3 aromatic rings. The van der Waals surface area contributed by atoms with Gasteiger partial charge in [0.25, 0.3) is 10.1 Å². The Morgan fingerprint density at radius 1 is 0.733 bits per heavy atom. The summed E-state index contributed by atoms with van der Waals surface area (Å²) in [6, 6.07) is 27.0. The Labute approximate surface area is 272 Å². The van der Waals surface area contributed by atoms with Gasteiger partial charge < -0.3 is 4.74 Å². The van der Waals surface area contributed by atoms with Crippen LogP contribution >= 0.6 is 10.3 Å². The first kappa shape index (κ1) is 33.7. The highest BCUT2D eigenvalue weighted by atomic mass is 32.3. The Morgan fingerprint density at radius 3 is 1.78 bits per heavy atom. The molecule has 5 nitrogen and oxygen atoms in total. The number of hydrogen-bond acceptors (Lipinski definition) is 5. The van der Waals surface area contributed by atoms with Crippen molar-refractivity contribution in [2.24, 2.45) is 16.7 Å². The third-order valence-corrected chi connectivity index (χ3v) is 15.6. The van der Waals surface area contributed by atoms with E-state index in [4.69, 9.17) is 8.37 Å². The summed E-state index contributed by atoms with van der Waals surface area (Å²) in [6.45, 7) is 7.02. The first-order chi connectivity index (χ1) is 21.6. The Balaban J connectivity index is 1.41. The second-order valence-corrected chi connectivity index (χ2v) is 17.9. The van der Waals surface area contributed by atoms with E-state index in [1.54, 1.807) is 0 Å². The predicted octanol–water partition coefficient (Wildman–Crippen LogP) is 10.1. The fourth-order valence-corrected chi connectivity index (χ4v) is 13.6. The molecule has 5 rings (SSSR count). The van der Waals surface area contributed by atoms with E-state index in [0.29, 0.717) is 19.4 Å². The van der Waals surface area contributed by atoms with Gasteiger partial charge in [-0.15, -0.1) is 0 Å². The van der Waals surface area contributed by atoms with Crippen LogP contribution in [0.25, 0.3) is 0 Å².